The summed E-state index contributed by atoms with van der Waals surface area (Å²) < 4.78 is 11.3. The molecule has 0 saturated carbocycles. The van der Waals surface area contributed by atoms with E-state index in [1.165, 1.54) is 0 Å². The van der Waals surface area contributed by atoms with Crippen molar-refractivity contribution < 1.29 is 19.1 Å². The minimum Gasteiger partial charge on any atom is -0.347 e. The van der Waals surface area contributed by atoms with Gasteiger partial charge in [-0.2, -0.15) is 0 Å². The van der Waals surface area contributed by atoms with E-state index in [0.29, 0.717) is 39.1 Å². The summed E-state index contributed by atoms with van der Waals surface area (Å²) in [5.41, 5.74) is 0. The molecule has 3 saturated heterocycles. The number of carbonyl (C=O) groups is 2. The highest BCUT2D eigenvalue weighted by Crippen LogP contribution is 2.31. The van der Waals surface area contributed by atoms with E-state index in [4.69, 9.17) is 9.47 Å². The van der Waals surface area contributed by atoms with Crippen LogP contribution in [-0.2, 0) is 19.1 Å². The highest BCUT2D eigenvalue weighted by Gasteiger charge is 2.41. The Balaban J connectivity index is 1.43. The van der Waals surface area contributed by atoms with Gasteiger partial charge in [0, 0.05) is 52.1 Å². The second-order valence-corrected chi connectivity index (χ2v) is 6.48. The van der Waals surface area contributed by atoms with Gasteiger partial charge in [-0.25, -0.2) is 0 Å². The maximum atomic E-state index is 12.4. The molecule has 0 N–H and O–H groups in total. The van der Waals surface area contributed by atoms with Gasteiger partial charge in [0.05, 0.1) is 13.2 Å². The molecule has 23 heavy (non-hydrogen) atoms. The van der Waals surface area contributed by atoms with Crippen LogP contribution < -0.4 is 0 Å². The number of piperidine rings is 1. The predicted octanol–water partition coefficient (Wildman–Crippen LogP) is -0.0939. The summed E-state index contributed by atoms with van der Waals surface area (Å²) in [5, 5.41) is 0. The molecule has 0 unspecified atom stereocenters. The van der Waals surface area contributed by atoms with E-state index >= 15 is 0 Å². The number of hydrogen-bond donors (Lipinski definition) is 0. The Hall–Kier alpha value is -1.18. The second kappa shape index (κ2) is 7.15. The second-order valence-electron chi connectivity index (χ2n) is 6.48. The molecule has 0 aromatic heterocycles. The number of hydrogen-bond acceptors (Lipinski definition) is 5. The summed E-state index contributed by atoms with van der Waals surface area (Å²) in [7, 11) is 0. The van der Waals surface area contributed by atoms with Crippen LogP contribution >= 0.6 is 0 Å². The van der Waals surface area contributed by atoms with Crippen molar-refractivity contribution >= 4 is 11.8 Å². The van der Waals surface area contributed by atoms with Crippen molar-refractivity contribution in [3.05, 3.63) is 0 Å². The van der Waals surface area contributed by atoms with E-state index in [1.54, 1.807) is 4.90 Å². The zero-order chi connectivity index (χ0) is 16.3. The van der Waals surface area contributed by atoms with Crippen LogP contribution in [0, 0.1) is 0 Å². The van der Waals surface area contributed by atoms with E-state index in [-0.39, 0.29) is 18.2 Å². The molecule has 3 aliphatic rings. The van der Waals surface area contributed by atoms with Gasteiger partial charge in [-0.3, -0.25) is 9.59 Å². The first-order valence-electron chi connectivity index (χ1n) is 8.68. The standard InChI is InChI=1S/C16H27N3O4/c1-2-17-7-9-19(10-8-17)15(21)13-14(20)18-5-3-16(4-6-18)22-11-12-23-16/h2-13H2,1H3. The third-order valence-corrected chi connectivity index (χ3v) is 5.17. The number of nitrogens with zero attached hydrogens (tertiary/aromatic N) is 3. The maximum absolute atomic E-state index is 12.4. The van der Waals surface area contributed by atoms with Crippen LogP contribution in [0.25, 0.3) is 0 Å². The summed E-state index contributed by atoms with van der Waals surface area (Å²) in [6, 6.07) is 0. The molecule has 3 aliphatic heterocycles. The summed E-state index contributed by atoms with van der Waals surface area (Å²) in [5.74, 6) is -0.586. The van der Waals surface area contributed by atoms with Crippen LogP contribution in [0.4, 0.5) is 0 Å². The van der Waals surface area contributed by atoms with Gasteiger partial charge in [0.1, 0.15) is 6.42 Å². The molecule has 3 fully saturated rings. The van der Waals surface area contributed by atoms with Gasteiger partial charge in [-0.05, 0) is 6.54 Å². The highest BCUT2D eigenvalue weighted by molar-refractivity contribution is 5.97. The molecule has 0 bridgehead atoms. The van der Waals surface area contributed by atoms with Crippen LogP contribution in [0.15, 0.2) is 0 Å². The number of ether oxygens (including phenoxy) is 2. The van der Waals surface area contributed by atoms with Crippen molar-refractivity contribution in [1.29, 1.82) is 0 Å². The first-order chi connectivity index (χ1) is 11.1. The summed E-state index contributed by atoms with van der Waals surface area (Å²) >= 11 is 0. The number of amides is 2. The summed E-state index contributed by atoms with van der Waals surface area (Å²) in [4.78, 5) is 30.6. The third kappa shape index (κ3) is 3.84. The van der Waals surface area contributed by atoms with Crippen molar-refractivity contribution in [2.45, 2.75) is 32.0 Å². The SMILES string of the molecule is CCN1CCN(C(=O)CC(=O)N2CCC3(CC2)OCCO3)CC1. The predicted molar refractivity (Wildman–Crippen MR) is 83.8 cm³/mol. The van der Waals surface area contributed by atoms with Gasteiger partial charge < -0.3 is 24.2 Å². The largest absolute Gasteiger partial charge is 0.347 e. The van der Waals surface area contributed by atoms with Crippen LogP contribution in [0.2, 0.25) is 0 Å². The van der Waals surface area contributed by atoms with E-state index < -0.39 is 5.79 Å². The molecular formula is C16H27N3O4. The first kappa shape index (κ1) is 16.7. The van der Waals surface area contributed by atoms with Gasteiger partial charge in [-0.1, -0.05) is 6.92 Å². The Morgan fingerprint density at radius 1 is 0.870 bits per heavy atom. The molecule has 7 nitrogen and oxygen atoms in total. The number of piperazine rings is 1. The lowest BCUT2D eigenvalue weighted by Crippen LogP contribution is -2.51. The van der Waals surface area contributed by atoms with Gasteiger partial charge in [0.2, 0.25) is 11.8 Å². The van der Waals surface area contributed by atoms with Gasteiger partial charge >= 0.3 is 0 Å². The Kier molecular flexibility index (Phi) is 5.18. The molecule has 0 aromatic carbocycles. The Morgan fingerprint density at radius 3 is 1.91 bits per heavy atom. The zero-order valence-electron chi connectivity index (χ0n) is 14.0. The molecule has 3 heterocycles. The molecule has 2 amide bonds. The first-order valence-corrected chi connectivity index (χ1v) is 8.68. The van der Waals surface area contributed by atoms with Gasteiger partial charge in [0.25, 0.3) is 0 Å². The average Bonchev–Trinajstić information content (AvgIpc) is 3.03. The quantitative estimate of drug-likeness (QED) is 0.679. The Labute approximate surface area is 137 Å². The fourth-order valence-corrected chi connectivity index (χ4v) is 3.55. The summed E-state index contributed by atoms with van der Waals surface area (Å²) in [6.07, 6.45) is 1.38. The molecule has 0 aromatic rings. The summed E-state index contributed by atoms with van der Waals surface area (Å²) in [6.45, 7) is 8.88. The smallest absolute Gasteiger partial charge is 0.232 e. The number of rotatable bonds is 3. The van der Waals surface area contributed by atoms with Crippen LogP contribution in [-0.4, -0.2) is 91.3 Å². The molecule has 130 valence electrons. The van der Waals surface area contributed by atoms with Crippen molar-refractivity contribution in [2.24, 2.45) is 0 Å². The average molecular weight is 325 g/mol. The van der Waals surface area contributed by atoms with E-state index in [1.807, 2.05) is 4.90 Å². The van der Waals surface area contributed by atoms with Crippen molar-refractivity contribution in [3.63, 3.8) is 0 Å². The van der Waals surface area contributed by atoms with Crippen molar-refractivity contribution in [2.75, 3.05) is 59.0 Å². The van der Waals surface area contributed by atoms with E-state index in [2.05, 4.69) is 11.8 Å². The minimum absolute atomic E-state index is 0.0131. The fraction of sp³-hybridized carbons (Fsp3) is 0.875. The highest BCUT2D eigenvalue weighted by atomic mass is 16.7. The lowest BCUT2D eigenvalue weighted by Gasteiger charge is -2.38. The topological polar surface area (TPSA) is 62.3 Å². The zero-order valence-corrected chi connectivity index (χ0v) is 14.0. The molecular weight excluding hydrogens is 298 g/mol. The maximum Gasteiger partial charge on any atom is 0.232 e. The molecule has 7 heteroatoms. The Bertz CT molecular complexity index is 433. The van der Waals surface area contributed by atoms with Crippen LogP contribution in [0.1, 0.15) is 26.2 Å². The van der Waals surface area contributed by atoms with Gasteiger partial charge in [0.15, 0.2) is 5.79 Å². The molecule has 0 aliphatic carbocycles. The fourth-order valence-electron chi connectivity index (χ4n) is 3.55. The normalized spacial score (nSPS) is 25.1. The van der Waals surface area contributed by atoms with Gasteiger partial charge in [-0.15, -0.1) is 0 Å². The number of likely N-dealkylation sites (tertiary alicyclic amines) is 1. The van der Waals surface area contributed by atoms with E-state index in [9.17, 15) is 9.59 Å². The third-order valence-electron chi connectivity index (χ3n) is 5.17. The minimum atomic E-state index is -0.475. The van der Waals surface area contributed by atoms with Crippen molar-refractivity contribution in [3.8, 4) is 0 Å². The van der Waals surface area contributed by atoms with Crippen molar-refractivity contribution in [1.82, 2.24) is 14.7 Å². The molecule has 0 atom stereocenters. The number of likely N-dealkylation sites (N-methyl/N-ethyl adjacent to an activating group) is 1. The monoisotopic (exact) mass is 325 g/mol. The van der Waals surface area contributed by atoms with Crippen LogP contribution in [0.5, 0.6) is 0 Å². The van der Waals surface area contributed by atoms with Crippen LogP contribution in [0.3, 0.4) is 0 Å². The molecule has 3 rings (SSSR count). The Morgan fingerprint density at radius 2 is 1.39 bits per heavy atom. The number of carbonyl (C=O) groups excluding carboxylic acids is 2. The lowest BCUT2D eigenvalue weighted by molar-refractivity contribution is -0.187. The molecule has 1 spiro atoms. The van der Waals surface area contributed by atoms with E-state index in [0.717, 1.165) is 32.7 Å². The lowest BCUT2D eigenvalue weighted by atomic mass is 10.0. The molecule has 0 radical (unpaired) electrons.